The van der Waals surface area contributed by atoms with Gasteiger partial charge in [0.25, 0.3) is 0 Å². The summed E-state index contributed by atoms with van der Waals surface area (Å²) >= 11 is 12.3. The molecule has 0 aromatic heterocycles. The Kier molecular flexibility index (Phi) is 4.76. The molecular formula is C10H15Cl2NO. The van der Waals surface area contributed by atoms with Crippen molar-refractivity contribution < 1.29 is 4.79 Å². The van der Waals surface area contributed by atoms with E-state index >= 15 is 0 Å². The molecule has 1 rings (SSSR count). The maximum absolute atomic E-state index is 11.6. The Morgan fingerprint density at radius 1 is 1.29 bits per heavy atom. The van der Waals surface area contributed by atoms with Crippen LogP contribution in [0.15, 0.2) is 12.8 Å². The zero-order valence-electron chi connectivity index (χ0n) is 8.01. The summed E-state index contributed by atoms with van der Waals surface area (Å²) in [6.45, 7) is 3.45. The number of carbonyl (C=O) groups excluding carboxylic acids is 1. The minimum Gasteiger partial charge on any atom is -0.333 e. The average Bonchev–Trinajstić information content (AvgIpc) is 2.28. The van der Waals surface area contributed by atoms with Gasteiger partial charge in [-0.2, -0.15) is 0 Å². The van der Waals surface area contributed by atoms with E-state index in [1.807, 2.05) is 0 Å². The van der Waals surface area contributed by atoms with Crippen LogP contribution in [0.25, 0.3) is 0 Å². The first kappa shape index (κ1) is 11.9. The summed E-state index contributed by atoms with van der Waals surface area (Å²) in [6.07, 6.45) is 5.20. The number of alkyl halides is 2. The van der Waals surface area contributed by atoms with Crippen molar-refractivity contribution in [2.24, 2.45) is 5.92 Å². The Labute approximate surface area is 94.6 Å². The number of nitrogens with one attached hydrogen (secondary N) is 1. The highest BCUT2D eigenvalue weighted by Gasteiger charge is 2.34. The van der Waals surface area contributed by atoms with Crippen molar-refractivity contribution in [2.45, 2.75) is 36.4 Å². The number of hydrogen-bond acceptors (Lipinski definition) is 1. The molecule has 3 atom stereocenters. The zero-order valence-corrected chi connectivity index (χ0v) is 9.52. The van der Waals surface area contributed by atoms with Gasteiger partial charge in [0, 0.05) is 10.8 Å². The maximum atomic E-state index is 11.6. The highest BCUT2D eigenvalue weighted by molar-refractivity contribution is 6.26. The van der Waals surface area contributed by atoms with E-state index < -0.39 is 0 Å². The maximum Gasteiger partial charge on any atom is 0.229 e. The first-order valence-electron chi connectivity index (χ1n) is 4.86. The van der Waals surface area contributed by atoms with Gasteiger partial charge in [-0.05, 0) is 19.0 Å². The minimum absolute atomic E-state index is 0.109. The molecule has 0 aliphatic heterocycles. The van der Waals surface area contributed by atoms with E-state index in [0.29, 0.717) is 0 Å². The van der Waals surface area contributed by atoms with Gasteiger partial charge in [0.2, 0.25) is 5.91 Å². The van der Waals surface area contributed by atoms with E-state index in [-0.39, 0.29) is 22.6 Å². The summed E-state index contributed by atoms with van der Waals surface area (Å²) in [6, 6.07) is 0. The Morgan fingerprint density at radius 3 is 2.21 bits per heavy atom. The molecule has 1 saturated carbocycles. The third-order valence-electron chi connectivity index (χ3n) is 2.54. The van der Waals surface area contributed by atoms with Crippen LogP contribution in [0.2, 0.25) is 0 Å². The molecule has 0 spiro atoms. The van der Waals surface area contributed by atoms with Crippen LogP contribution in [-0.4, -0.2) is 16.7 Å². The number of hydrogen-bond donors (Lipinski definition) is 1. The van der Waals surface area contributed by atoms with Gasteiger partial charge in [-0.15, -0.1) is 23.2 Å². The number of halogens is 2. The first-order chi connectivity index (χ1) is 6.66. The number of carbonyl (C=O) groups is 1. The molecule has 2 nitrogen and oxygen atoms in total. The van der Waals surface area contributed by atoms with E-state index in [1.165, 1.54) is 6.20 Å². The molecule has 1 aliphatic carbocycles. The van der Waals surface area contributed by atoms with Gasteiger partial charge < -0.3 is 5.32 Å². The highest BCUT2D eigenvalue weighted by Crippen LogP contribution is 2.31. The van der Waals surface area contributed by atoms with Crippen LogP contribution >= 0.6 is 23.2 Å². The largest absolute Gasteiger partial charge is 0.333 e. The lowest BCUT2D eigenvalue weighted by Gasteiger charge is -2.21. The van der Waals surface area contributed by atoms with Crippen LogP contribution in [-0.2, 0) is 4.79 Å². The Balaban J connectivity index is 2.68. The van der Waals surface area contributed by atoms with E-state index in [0.717, 1.165) is 25.7 Å². The molecule has 0 radical (unpaired) electrons. The Morgan fingerprint density at radius 2 is 1.79 bits per heavy atom. The van der Waals surface area contributed by atoms with Gasteiger partial charge >= 0.3 is 0 Å². The van der Waals surface area contributed by atoms with Crippen molar-refractivity contribution in [3.63, 3.8) is 0 Å². The average molecular weight is 236 g/mol. The smallest absolute Gasteiger partial charge is 0.229 e. The Hall–Kier alpha value is -0.210. The third kappa shape index (κ3) is 2.89. The van der Waals surface area contributed by atoms with Gasteiger partial charge in [0.1, 0.15) is 0 Å². The van der Waals surface area contributed by atoms with Crippen molar-refractivity contribution in [3.05, 3.63) is 12.8 Å². The lowest BCUT2D eigenvalue weighted by atomic mass is 9.98. The second kappa shape index (κ2) is 5.62. The van der Waals surface area contributed by atoms with E-state index in [4.69, 9.17) is 23.2 Å². The quantitative estimate of drug-likeness (QED) is 0.579. The predicted molar refractivity (Wildman–Crippen MR) is 59.6 cm³/mol. The van der Waals surface area contributed by atoms with Crippen LogP contribution < -0.4 is 5.32 Å². The number of rotatable bonds is 2. The summed E-state index contributed by atoms with van der Waals surface area (Å²) in [7, 11) is 0. The predicted octanol–water partition coefficient (Wildman–Crippen LogP) is 2.65. The topological polar surface area (TPSA) is 29.1 Å². The summed E-state index contributed by atoms with van der Waals surface area (Å²) in [5.41, 5.74) is 0. The van der Waals surface area contributed by atoms with Crippen molar-refractivity contribution in [1.29, 1.82) is 0 Å². The number of amides is 1. The van der Waals surface area contributed by atoms with Crippen LogP contribution in [0.3, 0.4) is 0 Å². The van der Waals surface area contributed by atoms with Crippen LogP contribution in [0.5, 0.6) is 0 Å². The minimum atomic E-state index is -0.293. The fraction of sp³-hybridized carbons (Fsp3) is 0.700. The molecule has 1 amide bonds. The molecule has 1 fully saturated rings. The molecule has 14 heavy (non-hydrogen) atoms. The molecule has 1 aliphatic rings. The molecule has 0 heterocycles. The summed E-state index contributed by atoms with van der Waals surface area (Å²) in [5, 5.41) is 2.25. The first-order valence-corrected chi connectivity index (χ1v) is 5.73. The fourth-order valence-corrected chi connectivity index (χ4v) is 2.75. The highest BCUT2D eigenvalue weighted by atomic mass is 35.5. The van der Waals surface area contributed by atoms with Crippen LogP contribution in [0, 0.1) is 5.92 Å². The van der Waals surface area contributed by atoms with Crippen molar-refractivity contribution in [3.8, 4) is 0 Å². The Bertz CT molecular complexity index is 208. The summed E-state index contributed by atoms with van der Waals surface area (Å²) in [4.78, 5) is 11.6. The second-order valence-corrected chi connectivity index (χ2v) is 4.68. The summed E-state index contributed by atoms with van der Waals surface area (Å²) < 4.78 is 0. The molecule has 80 valence electrons. The molecule has 0 saturated heterocycles. The normalized spacial score (nSPS) is 33.1. The monoisotopic (exact) mass is 235 g/mol. The van der Waals surface area contributed by atoms with Gasteiger partial charge in [0.15, 0.2) is 0 Å². The van der Waals surface area contributed by atoms with Gasteiger partial charge in [-0.3, -0.25) is 4.79 Å². The van der Waals surface area contributed by atoms with Crippen LogP contribution in [0.1, 0.15) is 25.7 Å². The van der Waals surface area contributed by atoms with Crippen molar-refractivity contribution in [2.75, 3.05) is 0 Å². The van der Waals surface area contributed by atoms with E-state index in [1.54, 1.807) is 0 Å². The molecular weight excluding hydrogens is 221 g/mol. The fourth-order valence-electron chi connectivity index (χ4n) is 1.79. The van der Waals surface area contributed by atoms with Gasteiger partial charge in [0.05, 0.1) is 5.92 Å². The molecule has 1 N–H and O–H groups in total. The molecule has 0 bridgehead atoms. The standard InChI is InChI=1S/C10H15Cl2NO/c1-2-13-10(14)9-7(11)5-3-4-6-8(9)12/h2,7-9H,1,3-6H2,(H,13,14)/t7-,8+,9?. The zero-order chi connectivity index (χ0) is 10.6. The van der Waals surface area contributed by atoms with Crippen molar-refractivity contribution in [1.82, 2.24) is 5.32 Å². The van der Waals surface area contributed by atoms with Gasteiger partial charge in [-0.1, -0.05) is 19.4 Å². The lowest BCUT2D eigenvalue weighted by molar-refractivity contribution is -0.124. The molecule has 0 aromatic rings. The molecule has 1 unspecified atom stereocenters. The lowest BCUT2D eigenvalue weighted by Crippen LogP contribution is -2.37. The SMILES string of the molecule is C=CNC(=O)C1[C@H](Cl)CCCC[C@@H]1Cl. The van der Waals surface area contributed by atoms with Gasteiger partial charge in [-0.25, -0.2) is 0 Å². The third-order valence-corrected chi connectivity index (χ3v) is 3.52. The molecule has 4 heteroatoms. The molecule has 0 aromatic carbocycles. The van der Waals surface area contributed by atoms with E-state index in [9.17, 15) is 4.79 Å². The second-order valence-electron chi connectivity index (χ2n) is 3.55. The van der Waals surface area contributed by atoms with Crippen molar-refractivity contribution >= 4 is 29.1 Å². The summed E-state index contributed by atoms with van der Waals surface area (Å²) in [5.74, 6) is -0.402. The van der Waals surface area contributed by atoms with E-state index in [2.05, 4.69) is 11.9 Å². The van der Waals surface area contributed by atoms with Crippen LogP contribution in [0.4, 0.5) is 0 Å².